The van der Waals surface area contributed by atoms with E-state index in [0.717, 1.165) is 5.56 Å². The Balaban J connectivity index is 1.64. The monoisotopic (exact) mass is 247 g/mol. The maximum absolute atomic E-state index is 11.6. The lowest BCUT2D eigenvalue weighted by atomic mass is 9.83. The number of aliphatic hydroxyl groups is 1. The summed E-state index contributed by atoms with van der Waals surface area (Å²) in [4.78, 5) is 11.6. The maximum atomic E-state index is 11.6. The van der Waals surface area contributed by atoms with Gasteiger partial charge in [-0.3, -0.25) is 4.79 Å². The first-order valence-electron chi connectivity index (χ1n) is 6.75. The first-order valence-corrected chi connectivity index (χ1v) is 6.75. The molecule has 18 heavy (non-hydrogen) atoms. The molecular formula is C15H21NO2. The first kappa shape index (κ1) is 13.1. The van der Waals surface area contributed by atoms with Gasteiger partial charge in [0.25, 0.3) is 0 Å². The Morgan fingerprint density at radius 3 is 2.67 bits per heavy atom. The fourth-order valence-corrected chi connectivity index (χ4v) is 2.22. The molecule has 1 unspecified atom stereocenters. The van der Waals surface area contributed by atoms with Crippen LogP contribution >= 0.6 is 0 Å². The molecule has 1 aliphatic rings. The summed E-state index contributed by atoms with van der Waals surface area (Å²) in [5.41, 5.74) is 0.908. The molecule has 1 aromatic rings. The van der Waals surface area contributed by atoms with E-state index in [9.17, 15) is 9.90 Å². The van der Waals surface area contributed by atoms with Gasteiger partial charge in [0.1, 0.15) is 0 Å². The van der Waals surface area contributed by atoms with Gasteiger partial charge < -0.3 is 10.4 Å². The van der Waals surface area contributed by atoms with Gasteiger partial charge in [-0.05, 0) is 30.7 Å². The SMILES string of the molecule is O=C(CC1CCC1)NCCC(O)c1ccccc1. The van der Waals surface area contributed by atoms with Crippen LogP contribution < -0.4 is 5.32 Å². The molecule has 2 N–H and O–H groups in total. The van der Waals surface area contributed by atoms with E-state index in [0.29, 0.717) is 25.3 Å². The summed E-state index contributed by atoms with van der Waals surface area (Å²) >= 11 is 0. The van der Waals surface area contributed by atoms with Crippen LogP contribution in [-0.2, 0) is 4.79 Å². The summed E-state index contributed by atoms with van der Waals surface area (Å²) in [6.07, 6.45) is 4.39. The van der Waals surface area contributed by atoms with Gasteiger partial charge in [0, 0.05) is 13.0 Å². The fraction of sp³-hybridized carbons (Fsp3) is 0.533. The predicted molar refractivity (Wildman–Crippen MR) is 71.0 cm³/mol. The lowest BCUT2D eigenvalue weighted by Crippen LogP contribution is -2.29. The van der Waals surface area contributed by atoms with Crippen LogP contribution in [0.1, 0.15) is 43.8 Å². The standard InChI is InChI=1S/C15H21NO2/c17-14(13-7-2-1-3-8-13)9-10-16-15(18)11-12-5-4-6-12/h1-3,7-8,12,14,17H,4-6,9-11H2,(H,16,18). The number of carbonyl (C=O) groups is 1. The Hall–Kier alpha value is -1.35. The zero-order valence-corrected chi connectivity index (χ0v) is 10.6. The number of aliphatic hydroxyl groups excluding tert-OH is 1. The van der Waals surface area contributed by atoms with Crippen molar-refractivity contribution >= 4 is 5.91 Å². The van der Waals surface area contributed by atoms with Crippen molar-refractivity contribution in [2.75, 3.05) is 6.54 Å². The highest BCUT2D eigenvalue weighted by Crippen LogP contribution is 2.29. The van der Waals surface area contributed by atoms with Crippen molar-refractivity contribution in [3.8, 4) is 0 Å². The quantitative estimate of drug-likeness (QED) is 0.811. The molecule has 0 radical (unpaired) electrons. The number of carbonyl (C=O) groups excluding carboxylic acids is 1. The van der Waals surface area contributed by atoms with E-state index < -0.39 is 6.10 Å². The Morgan fingerprint density at radius 2 is 2.06 bits per heavy atom. The zero-order valence-electron chi connectivity index (χ0n) is 10.6. The predicted octanol–water partition coefficient (Wildman–Crippen LogP) is 2.42. The van der Waals surface area contributed by atoms with E-state index in [2.05, 4.69) is 5.32 Å². The Kier molecular flexibility index (Phi) is 4.76. The molecule has 0 heterocycles. The molecule has 0 spiro atoms. The normalized spacial score (nSPS) is 16.9. The summed E-state index contributed by atoms with van der Waals surface area (Å²) in [7, 11) is 0. The summed E-state index contributed by atoms with van der Waals surface area (Å²) in [6, 6.07) is 9.56. The minimum Gasteiger partial charge on any atom is -0.388 e. The van der Waals surface area contributed by atoms with Crippen LogP contribution in [0.25, 0.3) is 0 Å². The second kappa shape index (κ2) is 6.55. The summed E-state index contributed by atoms with van der Waals surface area (Å²) in [5, 5.41) is 12.8. The number of nitrogens with one attached hydrogen (secondary N) is 1. The maximum Gasteiger partial charge on any atom is 0.220 e. The van der Waals surface area contributed by atoms with E-state index in [4.69, 9.17) is 0 Å². The molecule has 1 aromatic carbocycles. The van der Waals surface area contributed by atoms with Crippen LogP contribution in [0.5, 0.6) is 0 Å². The van der Waals surface area contributed by atoms with Crippen LogP contribution in [0, 0.1) is 5.92 Å². The van der Waals surface area contributed by atoms with Gasteiger partial charge in [0.2, 0.25) is 5.91 Å². The average molecular weight is 247 g/mol. The molecular weight excluding hydrogens is 226 g/mol. The molecule has 0 saturated heterocycles. The minimum absolute atomic E-state index is 0.125. The van der Waals surface area contributed by atoms with E-state index in [1.807, 2.05) is 30.3 Å². The minimum atomic E-state index is -0.491. The summed E-state index contributed by atoms with van der Waals surface area (Å²) in [6.45, 7) is 0.543. The van der Waals surface area contributed by atoms with Crippen LogP contribution in [0.2, 0.25) is 0 Å². The van der Waals surface area contributed by atoms with Gasteiger partial charge in [-0.2, -0.15) is 0 Å². The van der Waals surface area contributed by atoms with Gasteiger partial charge in [0.15, 0.2) is 0 Å². The fourth-order valence-electron chi connectivity index (χ4n) is 2.22. The highest BCUT2D eigenvalue weighted by molar-refractivity contribution is 5.76. The molecule has 2 rings (SSSR count). The molecule has 0 aliphatic heterocycles. The largest absolute Gasteiger partial charge is 0.388 e. The smallest absolute Gasteiger partial charge is 0.220 e. The van der Waals surface area contributed by atoms with Gasteiger partial charge in [-0.25, -0.2) is 0 Å². The number of hydrogen-bond donors (Lipinski definition) is 2. The van der Waals surface area contributed by atoms with E-state index in [1.54, 1.807) is 0 Å². The molecule has 1 fully saturated rings. The molecule has 3 heteroatoms. The van der Waals surface area contributed by atoms with Crippen LogP contribution in [-0.4, -0.2) is 17.6 Å². The van der Waals surface area contributed by atoms with Gasteiger partial charge in [-0.1, -0.05) is 36.8 Å². The highest BCUT2D eigenvalue weighted by Gasteiger charge is 2.20. The number of amides is 1. The molecule has 1 aliphatic carbocycles. The lowest BCUT2D eigenvalue weighted by molar-refractivity contribution is -0.122. The van der Waals surface area contributed by atoms with Crippen molar-refractivity contribution in [3.05, 3.63) is 35.9 Å². The van der Waals surface area contributed by atoms with Crippen molar-refractivity contribution in [1.82, 2.24) is 5.32 Å². The molecule has 1 atom stereocenters. The Labute approximate surface area is 108 Å². The molecule has 0 aromatic heterocycles. The first-order chi connectivity index (χ1) is 8.75. The van der Waals surface area contributed by atoms with E-state index in [1.165, 1.54) is 19.3 Å². The van der Waals surface area contributed by atoms with E-state index >= 15 is 0 Å². The summed E-state index contributed by atoms with van der Waals surface area (Å²) in [5.74, 6) is 0.726. The highest BCUT2D eigenvalue weighted by atomic mass is 16.3. The second-order valence-corrected chi connectivity index (χ2v) is 5.07. The molecule has 1 amide bonds. The van der Waals surface area contributed by atoms with Crippen molar-refractivity contribution < 1.29 is 9.90 Å². The van der Waals surface area contributed by atoms with Crippen LogP contribution in [0.15, 0.2) is 30.3 Å². The van der Waals surface area contributed by atoms with Crippen molar-refractivity contribution in [3.63, 3.8) is 0 Å². The third-order valence-corrected chi connectivity index (χ3v) is 3.62. The van der Waals surface area contributed by atoms with Crippen molar-refractivity contribution in [2.24, 2.45) is 5.92 Å². The van der Waals surface area contributed by atoms with Gasteiger partial charge in [0.05, 0.1) is 6.10 Å². The third-order valence-electron chi connectivity index (χ3n) is 3.62. The third kappa shape index (κ3) is 3.84. The molecule has 0 bridgehead atoms. The average Bonchev–Trinajstić information content (AvgIpc) is 2.35. The molecule has 98 valence electrons. The van der Waals surface area contributed by atoms with Crippen molar-refractivity contribution in [1.29, 1.82) is 0 Å². The second-order valence-electron chi connectivity index (χ2n) is 5.07. The van der Waals surface area contributed by atoms with E-state index in [-0.39, 0.29) is 5.91 Å². The topological polar surface area (TPSA) is 49.3 Å². The number of benzene rings is 1. The Morgan fingerprint density at radius 1 is 1.33 bits per heavy atom. The molecule has 1 saturated carbocycles. The number of hydrogen-bond acceptors (Lipinski definition) is 2. The van der Waals surface area contributed by atoms with Gasteiger partial charge >= 0.3 is 0 Å². The summed E-state index contributed by atoms with van der Waals surface area (Å²) < 4.78 is 0. The van der Waals surface area contributed by atoms with Gasteiger partial charge in [-0.15, -0.1) is 0 Å². The number of rotatable bonds is 6. The van der Waals surface area contributed by atoms with Crippen molar-refractivity contribution in [2.45, 2.75) is 38.2 Å². The molecule has 3 nitrogen and oxygen atoms in total. The van der Waals surface area contributed by atoms with Crippen LogP contribution in [0.4, 0.5) is 0 Å². The lowest BCUT2D eigenvalue weighted by Gasteiger charge is -2.24. The Bertz CT molecular complexity index is 373. The zero-order chi connectivity index (χ0) is 12.8. The van der Waals surface area contributed by atoms with Crippen LogP contribution in [0.3, 0.4) is 0 Å².